The van der Waals surface area contributed by atoms with Crippen molar-refractivity contribution in [1.82, 2.24) is 0 Å². The van der Waals surface area contributed by atoms with E-state index in [1.54, 1.807) is 24.3 Å². The quantitative estimate of drug-likeness (QED) is 0.411. The topological polar surface area (TPSA) is 29.1 Å². The van der Waals surface area contributed by atoms with Crippen LogP contribution in [0.2, 0.25) is 0 Å². The molecule has 0 heterocycles. The van der Waals surface area contributed by atoms with Crippen LogP contribution in [0.25, 0.3) is 0 Å². The Bertz CT molecular complexity index is 675. The molecule has 0 saturated carbocycles. The predicted molar refractivity (Wildman–Crippen MR) is 96.1 cm³/mol. The van der Waals surface area contributed by atoms with Crippen LogP contribution >= 0.6 is 0 Å². The van der Waals surface area contributed by atoms with Gasteiger partial charge in [-0.1, -0.05) is 37.4 Å². The largest absolute Gasteiger partial charge is 0.355 e. The second-order valence-corrected chi connectivity index (χ2v) is 5.91. The van der Waals surface area contributed by atoms with E-state index >= 15 is 0 Å². The average Bonchev–Trinajstić information content (AvgIpc) is 2.51. The maximum atomic E-state index is 14.1. The molecular weight excluding hydrogens is 289 g/mol. The first-order valence-electron chi connectivity index (χ1n) is 7.42. The van der Waals surface area contributed by atoms with Crippen molar-refractivity contribution in [2.45, 2.75) is 33.4 Å². The lowest BCUT2D eigenvalue weighted by atomic mass is 9.99. The number of hydrogen-bond donors (Lipinski definition) is 1. The summed E-state index contributed by atoms with van der Waals surface area (Å²) < 4.78 is 14.1. The van der Waals surface area contributed by atoms with Crippen LogP contribution in [0.3, 0.4) is 0 Å². The molecule has 0 radical (unpaired) electrons. The van der Waals surface area contributed by atoms with Gasteiger partial charge in [-0.2, -0.15) is 0 Å². The molecule has 0 fully saturated rings. The monoisotopic (exact) mass is 313 g/mol. The maximum absolute atomic E-state index is 14.1. The minimum absolute atomic E-state index is 0.337. The van der Waals surface area contributed by atoms with Crippen molar-refractivity contribution in [3.05, 3.63) is 77.6 Å². The molecule has 122 valence electrons. The number of benzene rings is 1. The molecule has 0 amide bonds. The van der Waals surface area contributed by atoms with Gasteiger partial charge in [0.25, 0.3) is 0 Å². The van der Waals surface area contributed by atoms with Crippen molar-refractivity contribution in [3.8, 4) is 0 Å². The molecule has 3 heteroatoms. The molecule has 1 rings (SSSR count). The van der Waals surface area contributed by atoms with Crippen LogP contribution in [0, 0.1) is 0 Å². The highest BCUT2D eigenvalue weighted by atomic mass is 19.1. The number of allylic oxidation sites excluding steroid dienone is 5. The third kappa shape index (κ3) is 5.06. The lowest BCUT2D eigenvalue weighted by molar-refractivity contribution is -0.104. The zero-order chi connectivity index (χ0) is 17.6. The number of nitrogens with one attached hydrogen (secondary N) is 1. The van der Waals surface area contributed by atoms with Gasteiger partial charge in [0.2, 0.25) is 0 Å². The first-order chi connectivity index (χ1) is 10.7. The van der Waals surface area contributed by atoms with Crippen LogP contribution in [-0.2, 0) is 10.5 Å². The molecule has 0 spiro atoms. The Labute approximate surface area is 138 Å². The first kappa shape index (κ1) is 18.6. The fourth-order valence-electron chi connectivity index (χ4n) is 2.08. The third-order valence-corrected chi connectivity index (χ3v) is 3.62. The summed E-state index contributed by atoms with van der Waals surface area (Å²) in [6, 6.07) is 7.08. The number of carbonyl (C=O) groups is 1. The van der Waals surface area contributed by atoms with Gasteiger partial charge in [0.15, 0.2) is 6.29 Å². The second-order valence-electron chi connectivity index (χ2n) is 5.91. The summed E-state index contributed by atoms with van der Waals surface area (Å²) in [7, 11) is 0. The maximum Gasteiger partial charge on any atom is 0.151 e. The Morgan fingerprint density at radius 1 is 1.30 bits per heavy atom. The number of rotatable bonds is 7. The van der Waals surface area contributed by atoms with Gasteiger partial charge in [-0.15, -0.1) is 0 Å². The molecule has 0 saturated heterocycles. The SMILES string of the molecule is C=C/C=C(C)/C(C)=C(\Nc1cccc(C(C)(C)F)c1)C(=C)C=O. The highest BCUT2D eigenvalue weighted by Crippen LogP contribution is 2.28. The van der Waals surface area contributed by atoms with E-state index in [1.165, 1.54) is 13.8 Å². The second kappa shape index (κ2) is 7.73. The molecule has 0 aromatic heterocycles. The smallest absolute Gasteiger partial charge is 0.151 e. The third-order valence-electron chi connectivity index (χ3n) is 3.62. The van der Waals surface area contributed by atoms with Gasteiger partial charge >= 0.3 is 0 Å². The molecule has 0 unspecified atom stereocenters. The Hall–Kier alpha value is -2.42. The molecule has 1 N–H and O–H groups in total. The standard InChI is InChI=1S/C20H24FNO/c1-7-9-14(2)16(4)19(15(3)13-23)22-18-11-8-10-17(12-18)20(5,6)21/h7-13,22H,1,3H2,2,4-6H3/b14-9+,19-16-. The van der Waals surface area contributed by atoms with Crippen LogP contribution in [0.4, 0.5) is 10.1 Å². The van der Waals surface area contributed by atoms with E-state index in [9.17, 15) is 9.18 Å². The van der Waals surface area contributed by atoms with Crippen LogP contribution < -0.4 is 5.32 Å². The normalized spacial score (nSPS) is 13.2. The summed E-state index contributed by atoms with van der Waals surface area (Å²) in [6.07, 6.45) is 4.25. The Morgan fingerprint density at radius 2 is 1.96 bits per heavy atom. The summed E-state index contributed by atoms with van der Waals surface area (Å²) in [5.74, 6) is 0. The van der Waals surface area contributed by atoms with Crippen molar-refractivity contribution in [1.29, 1.82) is 0 Å². The highest BCUT2D eigenvalue weighted by Gasteiger charge is 2.19. The lowest BCUT2D eigenvalue weighted by Crippen LogP contribution is -2.11. The van der Waals surface area contributed by atoms with E-state index in [4.69, 9.17) is 0 Å². The predicted octanol–water partition coefficient (Wildman–Crippen LogP) is 5.46. The van der Waals surface area contributed by atoms with Crippen LogP contribution in [0.5, 0.6) is 0 Å². The van der Waals surface area contributed by atoms with Gasteiger partial charge in [-0.25, -0.2) is 4.39 Å². The molecule has 1 aromatic carbocycles. The summed E-state index contributed by atoms with van der Waals surface area (Å²) in [4.78, 5) is 11.2. The number of alkyl halides is 1. The van der Waals surface area contributed by atoms with E-state index in [2.05, 4.69) is 18.5 Å². The fraction of sp³-hybridized carbons (Fsp3) is 0.250. The minimum Gasteiger partial charge on any atom is -0.355 e. The molecule has 0 aliphatic heterocycles. The van der Waals surface area contributed by atoms with E-state index in [0.717, 1.165) is 11.1 Å². The number of aldehydes is 1. The Morgan fingerprint density at radius 3 is 2.48 bits per heavy atom. The van der Waals surface area contributed by atoms with Gasteiger partial charge in [0, 0.05) is 11.3 Å². The summed E-state index contributed by atoms with van der Waals surface area (Å²) in [5.41, 5.74) is 2.64. The van der Waals surface area contributed by atoms with E-state index in [-0.39, 0.29) is 0 Å². The Balaban J connectivity index is 3.31. The molecule has 0 bridgehead atoms. The first-order valence-corrected chi connectivity index (χ1v) is 7.42. The van der Waals surface area contributed by atoms with Crippen molar-refractivity contribution >= 4 is 12.0 Å². The van der Waals surface area contributed by atoms with Gasteiger partial charge in [-0.05, 0) is 56.5 Å². The summed E-state index contributed by atoms with van der Waals surface area (Å²) >= 11 is 0. The van der Waals surface area contributed by atoms with E-state index in [1.807, 2.05) is 26.0 Å². The van der Waals surface area contributed by atoms with Crippen molar-refractivity contribution in [2.75, 3.05) is 5.32 Å². The van der Waals surface area contributed by atoms with Crippen molar-refractivity contribution in [2.24, 2.45) is 0 Å². The van der Waals surface area contributed by atoms with E-state index < -0.39 is 5.67 Å². The molecule has 0 aliphatic rings. The number of hydrogen-bond acceptors (Lipinski definition) is 2. The molecule has 23 heavy (non-hydrogen) atoms. The zero-order valence-electron chi connectivity index (χ0n) is 14.2. The lowest BCUT2D eigenvalue weighted by Gasteiger charge is -2.18. The van der Waals surface area contributed by atoms with E-state index in [0.29, 0.717) is 28.8 Å². The molecule has 0 aliphatic carbocycles. The Kier molecular flexibility index (Phi) is 6.26. The zero-order valence-corrected chi connectivity index (χ0v) is 14.2. The van der Waals surface area contributed by atoms with Crippen LogP contribution in [0.1, 0.15) is 33.3 Å². The number of carbonyl (C=O) groups excluding carboxylic acids is 1. The summed E-state index contributed by atoms with van der Waals surface area (Å²) in [5, 5.41) is 3.19. The molecule has 1 aromatic rings. The van der Waals surface area contributed by atoms with Crippen molar-refractivity contribution in [3.63, 3.8) is 0 Å². The number of anilines is 1. The highest BCUT2D eigenvalue weighted by molar-refractivity contribution is 5.82. The number of halogens is 1. The van der Waals surface area contributed by atoms with Crippen LogP contribution in [0.15, 0.2) is 72.0 Å². The average molecular weight is 313 g/mol. The van der Waals surface area contributed by atoms with Gasteiger partial charge in [0.1, 0.15) is 5.67 Å². The summed E-state index contributed by atoms with van der Waals surface area (Å²) in [6.45, 7) is 14.3. The molecular formula is C20H24FNO. The minimum atomic E-state index is -1.43. The molecule has 2 nitrogen and oxygen atoms in total. The van der Waals surface area contributed by atoms with Gasteiger partial charge in [-0.3, -0.25) is 4.79 Å². The van der Waals surface area contributed by atoms with Gasteiger partial charge in [0.05, 0.1) is 5.70 Å². The van der Waals surface area contributed by atoms with Crippen molar-refractivity contribution < 1.29 is 9.18 Å². The van der Waals surface area contributed by atoms with Gasteiger partial charge < -0.3 is 5.32 Å². The van der Waals surface area contributed by atoms with Crippen LogP contribution in [-0.4, -0.2) is 6.29 Å². The molecule has 0 atom stereocenters. The fourth-order valence-corrected chi connectivity index (χ4v) is 2.08.